The second-order valence-corrected chi connectivity index (χ2v) is 2.27. The molecule has 0 saturated heterocycles. The van der Waals surface area contributed by atoms with Gasteiger partial charge in [0.2, 0.25) is 5.28 Å². The van der Waals surface area contributed by atoms with E-state index in [0.717, 1.165) is 0 Å². The van der Waals surface area contributed by atoms with E-state index in [0.29, 0.717) is 0 Å². The number of hydrogen-bond donors (Lipinski definition) is 1. The molecule has 0 atom stereocenters. The van der Waals surface area contributed by atoms with Gasteiger partial charge in [-0.25, -0.2) is 14.8 Å². The van der Waals surface area contributed by atoms with Gasteiger partial charge in [-0.05, 0) is 11.6 Å². The van der Waals surface area contributed by atoms with Gasteiger partial charge in [-0.15, -0.1) is 0 Å². The molecular weight excluding hydrogens is 182 g/mol. The Balaban J connectivity index is 3.09. The highest BCUT2D eigenvalue weighted by molar-refractivity contribution is 6.28. The molecule has 0 aliphatic rings. The summed E-state index contributed by atoms with van der Waals surface area (Å²) in [6, 6.07) is 0. The number of methoxy groups -OCH3 is 1. The van der Waals surface area contributed by atoms with Gasteiger partial charge in [0.15, 0.2) is 0 Å². The Kier molecular flexibility index (Phi) is 2.44. The second kappa shape index (κ2) is 3.36. The zero-order valence-electron chi connectivity index (χ0n) is 6.24. The standard InChI is InChI=1S/C6H6ClN3O2/c1-12-5(11)3-2-9-6(7)10-4(3)8/h2H,1H3,(H2,8,9,10). The molecule has 0 aliphatic heterocycles. The molecule has 0 unspecified atom stereocenters. The van der Waals surface area contributed by atoms with Crippen LogP contribution in [0, 0.1) is 0 Å². The van der Waals surface area contributed by atoms with E-state index in [9.17, 15) is 4.79 Å². The Labute approximate surface area is 73.5 Å². The predicted molar refractivity (Wildman–Crippen MR) is 42.8 cm³/mol. The Morgan fingerprint density at radius 2 is 2.42 bits per heavy atom. The average molecular weight is 188 g/mol. The van der Waals surface area contributed by atoms with Crippen LogP contribution in [0.2, 0.25) is 5.28 Å². The van der Waals surface area contributed by atoms with Gasteiger partial charge in [0, 0.05) is 6.20 Å². The maximum Gasteiger partial charge on any atom is 0.343 e. The summed E-state index contributed by atoms with van der Waals surface area (Å²) in [4.78, 5) is 18.1. The van der Waals surface area contributed by atoms with Gasteiger partial charge in [0.05, 0.1) is 7.11 Å². The predicted octanol–water partition coefficient (Wildman–Crippen LogP) is 0.499. The molecule has 1 aromatic rings. The van der Waals surface area contributed by atoms with E-state index >= 15 is 0 Å². The van der Waals surface area contributed by atoms with Crippen molar-refractivity contribution in [2.45, 2.75) is 0 Å². The molecule has 2 N–H and O–H groups in total. The summed E-state index contributed by atoms with van der Waals surface area (Å²) in [7, 11) is 1.25. The van der Waals surface area contributed by atoms with Crippen molar-refractivity contribution in [3.05, 3.63) is 17.0 Å². The summed E-state index contributed by atoms with van der Waals surface area (Å²) in [6.45, 7) is 0. The molecule has 0 fully saturated rings. The van der Waals surface area contributed by atoms with E-state index in [1.165, 1.54) is 13.3 Å². The molecule has 0 spiro atoms. The minimum atomic E-state index is -0.579. The third-order valence-corrected chi connectivity index (χ3v) is 1.38. The second-order valence-electron chi connectivity index (χ2n) is 1.93. The fourth-order valence-electron chi connectivity index (χ4n) is 0.640. The van der Waals surface area contributed by atoms with Gasteiger partial charge in [-0.3, -0.25) is 0 Å². The summed E-state index contributed by atoms with van der Waals surface area (Å²) >= 11 is 5.41. The number of anilines is 1. The quantitative estimate of drug-likeness (QED) is 0.512. The highest BCUT2D eigenvalue weighted by Gasteiger charge is 2.11. The third kappa shape index (κ3) is 1.62. The molecule has 1 heterocycles. The van der Waals surface area contributed by atoms with Crippen LogP contribution in [0.25, 0.3) is 0 Å². The maximum atomic E-state index is 10.9. The fourth-order valence-corrected chi connectivity index (χ4v) is 0.780. The topological polar surface area (TPSA) is 78.1 Å². The summed E-state index contributed by atoms with van der Waals surface area (Å²) in [5.41, 5.74) is 5.47. The van der Waals surface area contributed by atoms with Crippen molar-refractivity contribution in [1.29, 1.82) is 0 Å². The smallest absolute Gasteiger partial charge is 0.343 e. The van der Waals surface area contributed by atoms with E-state index in [-0.39, 0.29) is 16.7 Å². The molecule has 12 heavy (non-hydrogen) atoms. The van der Waals surface area contributed by atoms with Gasteiger partial charge in [-0.2, -0.15) is 0 Å². The first-order valence-electron chi connectivity index (χ1n) is 3.01. The number of nitrogens with zero attached hydrogens (tertiary/aromatic N) is 2. The third-order valence-electron chi connectivity index (χ3n) is 1.19. The van der Waals surface area contributed by atoms with Crippen LogP contribution < -0.4 is 5.73 Å². The van der Waals surface area contributed by atoms with E-state index in [4.69, 9.17) is 17.3 Å². The summed E-state index contributed by atoms with van der Waals surface area (Å²) in [6.07, 6.45) is 1.22. The van der Waals surface area contributed by atoms with Crippen molar-refractivity contribution < 1.29 is 9.53 Å². The van der Waals surface area contributed by atoms with Crippen molar-refractivity contribution in [3.63, 3.8) is 0 Å². The number of hydrogen-bond acceptors (Lipinski definition) is 5. The number of carbonyl (C=O) groups is 1. The lowest BCUT2D eigenvalue weighted by Gasteiger charge is -2.00. The van der Waals surface area contributed by atoms with Crippen molar-refractivity contribution in [2.24, 2.45) is 0 Å². The Hall–Kier alpha value is -1.36. The SMILES string of the molecule is COC(=O)c1cnc(Cl)nc1N. The van der Waals surface area contributed by atoms with Crippen LogP contribution in [0.15, 0.2) is 6.20 Å². The number of esters is 1. The molecule has 5 nitrogen and oxygen atoms in total. The van der Waals surface area contributed by atoms with E-state index < -0.39 is 5.97 Å². The monoisotopic (exact) mass is 187 g/mol. The van der Waals surface area contributed by atoms with Crippen molar-refractivity contribution in [2.75, 3.05) is 12.8 Å². The van der Waals surface area contributed by atoms with Gasteiger partial charge in [0.25, 0.3) is 0 Å². The summed E-state index contributed by atoms with van der Waals surface area (Å²) in [5, 5.41) is 0.000142. The first kappa shape index (κ1) is 8.73. The first-order valence-corrected chi connectivity index (χ1v) is 3.39. The lowest BCUT2D eigenvalue weighted by atomic mass is 10.3. The Bertz CT molecular complexity index is 316. The van der Waals surface area contributed by atoms with Gasteiger partial charge in [-0.1, -0.05) is 0 Å². The van der Waals surface area contributed by atoms with Gasteiger partial charge in [0.1, 0.15) is 11.4 Å². The number of nitrogens with two attached hydrogens (primary N) is 1. The van der Waals surface area contributed by atoms with Crippen molar-refractivity contribution in [1.82, 2.24) is 9.97 Å². The summed E-state index contributed by atoms with van der Waals surface area (Å²) in [5.74, 6) is -0.564. The highest BCUT2D eigenvalue weighted by atomic mass is 35.5. The number of nitrogen functional groups attached to an aromatic ring is 1. The van der Waals surface area contributed by atoms with E-state index in [1.807, 2.05) is 0 Å². The molecule has 0 radical (unpaired) electrons. The molecule has 0 bridgehead atoms. The lowest BCUT2D eigenvalue weighted by molar-refractivity contribution is 0.0601. The van der Waals surface area contributed by atoms with Crippen LogP contribution in [0.5, 0.6) is 0 Å². The number of rotatable bonds is 1. The number of ether oxygens (including phenoxy) is 1. The molecule has 64 valence electrons. The maximum absolute atomic E-state index is 10.9. The van der Waals surface area contributed by atoms with Crippen LogP contribution in [-0.4, -0.2) is 23.0 Å². The minimum Gasteiger partial charge on any atom is -0.465 e. The van der Waals surface area contributed by atoms with Crippen LogP contribution in [0.3, 0.4) is 0 Å². The largest absolute Gasteiger partial charge is 0.465 e. The lowest BCUT2D eigenvalue weighted by Crippen LogP contribution is -2.08. The Morgan fingerprint density at radius 3 is 2.92 bits per heavy atom. The average Bonchev–Trinajstić information content (AvgIpc) is 2.03. The first-order chi connectivity index (χ1) is 5.65. The van der Waals surface area contributed by atoms with Crippen LogP contribution >= 0.6 is 11.6 Å². The minimum absolute atomic E-state index is 0.000142. The van der Waals surface area contributed by atoms with Gasteiger partial charge < -0.3 is 10.5 Å². The van der Waals surface area contributed by atoms with Crippen LogP contribution in [-0.2, 0) is 4.74 Å². The van der Waals surface area contributed by atoms with Gasteiger partial charge >= 0.3 is 5.97 Å². The van der Waals surface area contributed by atoms with Crippen molar-refractivity contribution in [3.8, 4) is 0 Å². The number of aromatic nitrogens is 2. The van der Waals surface area contributed by atoms with Crippen LogP contribution in [0.4, 0.5) is 5.82 Å². The zero-order valence-corrected chi connectivity index (χ0v) is 7.00. The molecule has 0 saturated carbocycles. The van der Waals surface area contributed by atoms with E-state index in [1.54, 1.807) is 0 Å². The Morgan fingerprint density at radius 1 is 1.75 bits per heavy atom. The fraction of sp³-hybridized carbons (Fsp3) is 0.167. The molecular formula is C6H6ClN3O2. The molecule has 0 aromatic carbocycles. The van der Waals surface area contributed by atoms with E-state index in [2.05, 4.69) is 14.7 Å². The number of carbonyl (C=O) groups excluding carboxylic acids is 1. The van der Waals surface area contributed by atoms with Crippen LogP contribution in [0.1, 0.15) is 10.4 Å². The van der Waals surface area contributed by atoms with Crippen molar-refractivity contribution >= 4 is 23.4 Å². The molecule has 0 amide bonds. The molecule has 6 heteroatoms. The normalized spacial score (nSPS) is 9.50. The molecule has 1 rings (SSSR count). The summed E-state index contributed by atoms with van der Waals surface area (Å²) < 4.78 is 4.41. The number of halogens is 1. The molecule has 1 aromatic heterocycles. The zero-order chi connectivity index (χ0) is 9.14. The molecule has 0 aliphatic carbocycles. The highest BCUT2D eigenvalue weighted by Crippen LogP contribution is 2.10.